The Morgan fingerprint density at radius 1 is 1.22 bits per heavy atom. The maximum Gasteiger partial charge on any atom is 0.248 e. The first-order valence-electron chi connectivity index (χ1n) is 6.95. The van der Waals surface area contributed by atoms with Gasteiger partial charge in [0.15, 0.2) is 0 Å². The number of likely N-dealkylation sites (tertiary alicyclic amines) is 1. The van der Waals surface area contributed by atoms with Crippen molar-refractivity contribution in [3.8, 4) is 0 Å². The summed E-state index contributed by atoms with van der Waals surface area (Å²) in [4.78, 5) is 16.1. The molecule has 0 aromatic rings. The molecule has 0 aliphatic carbocycles. The van der Waals surface area contributed by atoms with Gasteiger partial charge in [-0.3, -0.25) is 9.69 Å². The summed E-state index contributed by atoms with van der Waals surface area (Å²) in [5.74, 6) is 0.116. The quantitative estimate of drug-likeness (QED) is 0.665. The average molecular weight is 254 g/mol. The van der Waals surface area contributed by atoms with Gasteiger partial charge in [0, 0.05) is 39.4 Å². The van der Waals surface area contributed by atoms with Crippen LogP contribution in [-0.2, 0) is 14.3 Å². The third-order valence-electron chi connectivity index (χ3n) is 4.57. The van der Waals surface area contributed by atoms with Crippen LogP contribution >= 0.6 is 0 Å². The second kappa shape index (κ2) is 5.15. The summed E-state index contributed by atoms with van der Waals surface area (Å²) in [6, 6.07) is 0.868. The summed E-state index contributed by atoms with van der Waals surface area (Å²) in [6.07, 6.45) is 3.52. The predicted molar refractivity (Wildman–Crippen MR) is 66.3 cm³/mol. The van der Waals surface area contributed by atoms with Crippen molar-refractivity contribution in [1.82, 2.24) is 9.80 Å². The van der Waals surface area contributed by atoms with E-state index in [2.05, 4.69) is 4.90 Å². The molecule has 0 unspecified atom stereocenters. The van der Waals surface area contributed by atoms with E-state index in [1.165, 1.54) is 0 Å². The van der Waals surface area contributed by atoms with Gasteiger partial charge in [-0.1, -0.05) is 0 Å². The normalized spacial score (nSPS) is 35.6. The minimum Gasteiger partial charge on any atom is -0.381 e. The molecule has 3 rings (SSSR count). The summed E-state index contributed by atoms with van der Waals surface area (Å²) < 4.78 is 11.1. The Labute approximate surface area is 108 Å². The van der Waals surface area contributed by atoms with E-state index in [-0.39, 0.29) is 24.7 Å². The van der Waals surface area contributed by atoms with E-state index in [4.69, 9.17) is 9.47 Å². The van der Waals surface area contributed by atoms with Gasteiger partial charge in [0.1, 0.15) is 6.61 Å². The van der Waals surface area contributed by atoms with Crippen LogP contribution in [0.25, 0.3) is 0 Å². The van der Waals surface area contributed by atoms with E-state index in [0.29, 0.717) is 6.04 Å². The highest BCUT2D eigenvalue weighted by atomic mass is 16.5. The van der Waals surface area contributed by atoms with Crippen LogP contribution in [0, 0.1) is 0 Å². The third kappa shape index (κ3) is 2.27. The van der Waals surface area contributed by atoms with Crippen LogP contribution in [0.4, 0.5) is 0 Å². The lowest BCUT2D eigenvalue weighted by atomic mass is 9.95. The van der Waals surface area contributed by atoms with Crippen molar-refractivity contribution in [2.75, 3.05) is 40.0 Å². The molecule has 3 fully saturated rings. The second-order valence-corrected chi connectivity index (χ2v) is 5.55. The van der Waals surface area contributed by atoms with Crippen LogP contribution in [0.5, 0.6) is 0 Å². The van der Waals surface area contributed by atoms with Crippen LogP contribution in [-0.4, -0.2) is 73.9 Å². The Kier molecular flexibility index (Phi) is 3.54. The van der Waals surface area contributed by atoms with Crippen LogP contribution in [0.2, 0.25) is 0 Å². The van der Waals surface area contributed by atoms with Crippen molar-refractivity contribution in [3.63, 3.8) is 0 Å². The lowest BCUT2D eigenvalue weighted by molar-refractivity contribution is -0.162. The molecular formula is C13H22N2O3. The zero-order chi connectivity index (χ0) is 12.5. The highest BCUT2D eigenvalue weighted by molar-refractivity contribution is 5.78. The third-order valence-corrected chi connectivity index (χ3v) is 4.57. The van der Waals surface area contributed by atoms with E-state index in [1.807, 2.05) is 11.9 Å². The van der Waals surface area contributed by atoms with Crippen LogP contribution < -0.4 is 0 Å². The lowest BCUT2D eigenvalue weighted by Crippen LogP contribution is -2.62. The predicted octanol–water partition coefficient (Wildman–Crippen LogP) is 0.0969. The summed E-state index contributed by atoms with van der Waals surface area (Å²) in [7, 11) is 1.91. The number of amides is 1. The van der Waals surface area contributed by atoms with Gasteiger partial charge >= 0.3 is 0 Å². The van der Waals surface area contributed by atoms with Crippen LogP contribution in [0.3, 0.4) is 0 Å². The standard InChI is InChI=1S/C13H22N2O3/c1-14-11-8-15(10-3-6-17-7-4-10)5-2-12(11)18-9-13(14)16/h10-12H,2-9H2,1H3/t11-,12+/m0/s1. The number of piperidine rings is 1. The Morgan fingerprint density at radius 3 is 2.78 bits per heavy atom. The number of hydrogen-bond donors (Lipinski definition) is 0. The minimum absolute atomic E-state index is 0.116. The van der Waals surface area contributed by atoms with Crippen molar-refractivity contribution < 1.29 is 14.3 Å². The maximum absolute atomic E-state index is 11.7. The molecule has 102 valence electrons. The molecule has 5 heteroatoms. The molecule has 1 amide bonds. The van der Waals surface area contributed by atoms with Crippen molar-refractivity contribution in [1.29, 1.82) is 0 Å². The van der Waals surface area contributed by atoms with E-state index >= 15 is 0 Å². The topological polar surface area (TPSA) is 42.0 Å². The van der Waals surface area contributed by atoms with Gasteiger partial charge in [0.25, 0.3) is 0 Å². The monoisotopic (exact) mass is 254 g/mol. The molecule has 0 saturated carbocycles. The Bertz CT molecular complexity index is 317. The number of carbonyl (C=O) groups excluding carboxylic acids is 1. The molecule has 0 bridgehead atoms. The number of ether oxygens (including phenoxy) is 2. The SMILES string of the molecule is CN1C(=O)CO[C@@H]2CCN(C3CCOCC3)C[C@@H]21. The molecule has 2 atom stereocenters. The molecule has 0 aromatic heterocycles. The van der Waals surface area contributed by atoms with Gasteiger partial charge in [-0.2, -0.15) is 0 Å². The largest absolute Gasteiger partial charge is 0.381 e. The van der Waals surface area contributed by atoms with Gasteiger partial charge < -0.3 is 14.4 Å². The summed E-state index contributed by atoms with van der Waals surface area (Å²) in [5.41, 5.74) is 0. The Morgan fingerprint density at radius 2 is 2.00 bits per heavy atom. The number of likely N-dealkylation sites (N-methyl/N-ethyl adjacent to an activating group) is 1. The summed E-state index contributed by atoms with van der Waals surface area (Å²) >= 11 is 0. The van der Waals surface area contributed by atoms with Crippen molar-refractivity contribution in [3.05, 3.63) is 0 Å². The molecule has 0 spiro atoms. The molecule has 5 nitrogen and oxygen atoms in total. The van der Waals surface area contributed by atoms with Gasteiger partial charge in [0.2, 0.25) is 5.91 Å². The molecule has 18 heavy (non-hydrogen) atoms. The number of rotatable bonds is 1. The second-order valence-electron chi connectivity index (χ2n) is 5.55. The van der Waals surface area contributed by atoms with Crippen LogP contribution in [0.15, 0.2) is 0 Å². The number of hydrogen-bond acceptors (Lipinski definition) is 4. The van der Waals surface area contributed by atoms with E-state index < -0.39 is 0 Å². The smallest absolute Gasteiger partial charge is 0.248 e. The van der Waals surface area contributed by atoms with E-state index in [9.17, 15) is 4.79 Å². The molecule has 0 aromatic carbocycles. The molecule has 3 heterocycles. The lowest BCUT2D eigenvalue weighted by Gasteiger charge is -2.48. The van der Waals surface area contributed by atoms with Crippen molar-refractivity contribution in [2.24, 2.45) is 0 Å². The summed E-state index contributed by atoms with van der Waals surface area (Å²) in [6.45, 7) is 4.06. The zero-order valence-electron chi connectivity index (χ0n) is 11.0. The number of nitrogens with zero attached hydrogens (tertiary/aromatic N) is 2. The first-order chi connectivity index (χ1) is 8.75. The molecule has 3 aliphatic heterocycles. The fraction of sp³-hybridized carbons (Fsp3) is 0.923. The highest BCUT2D eigenvalue weighted by Gasteiger charge is 2.40. The first kappa shape index (κ1) is 12.4. The van der Waals surface area contributed by atoms with E-state index in [0.717, 1.165) is 45.6 Å². The first-order valence-corrected chi connectivity index (χ1v) is 6.95. The number of carbonyl (C=O) groups is 1. The fourth-order valence-electron chi connectivity index (χ4n) is 3.35. The molecular weight excluding hydrogens is 232 g/mol. The molecule has 0 N–H and O–H groups in total. The molecule has 0 radical (unpaired) electrons. The van der Waals surface area contributed by atoms with Crippen molar-refractivity contribution in [2.45, 2.75) is 37.5 Å². The van der Waals surface area contributed by atoms with Gasteiger partial charge in [-0.25, -0.2) is 0 Å². The van der Waals surface area contributed by atoms with Gasteiger partial charge in [0.05, 0.1) is 12.1 Å². The number of fused-ring (bicyclic) bond motifs is 1. The summed E-state index contributed by atoms with van der Waals surface area (Å²) in [5, 5.41) is 0. The molecule has 3 saturated heterocycles. The minimum atomic E-state index is 0.116. The Balaban J connectivity index is 1.64. The zero-order valence-corrected chi connectivity index (χ0v) is 11.0. The Hall–Kier alpha value is -0.650. The van der Waals surface area contributed by atoms with E-state index in [1.54, 1.807) is 0 Å². The van der Waals surface area contributed by atoms with Crippen molar-refractivity contribution >= 4 is 5.91 Å². The van der Waals surface area contributed by atoms with Gasteiger partial charge in [-0.15, -0.1) is 0 Å². The highest BCUT2D eigenvalue weighted by Crippen LogP contribution is 2.26. The fourth-order valence-corrected chi connectivity index (χ4v) is 3.35. The average Bonchev–Trinajstić information content (AvgIpc) is 2.44. The molecule has 3 aliphatic rings. The maximum atomic E-state index is 11.7. The number of morpholine rings is 1. The van der Waals surface area contributed by atoms with Crippen LogP contribution in [0.1, 0.15) is 19.3 Å². The van der Waals surface area contributed by atoms with Gasteiger partial charge in [-0.05, 0) is 19.3 Å².